The van der Waals surface area contributed by atoms with Crippen LogP contribution in [0.2, 0.25) is 0 Å². The Morgan fingerprint density at radius 2 is 1.89 bits per heavy atom. The Balaban J connectivity index is 2.24. The zero-order valence-corrected chi connectivity index (χ0v) is 15.7. The highest BCUT2D eigenvalue weighted by molar-refractivity contribution is 5.66. The van der Waals surface area contributed by atoms with Crippen LogP contribution in [0.4, 0.5) is 0 Å². The normalized spacial score (nSPS) is 27.7. The van der Waals surface area contributed by atoms with Crippen LogP contribution in [-0.2, 0) is 23.8 Å². The number of hydrogen-bond acceptors (Lipinski definition) is 8. The highest BCUT2D eigenvalue weighted by atomic mass is 16.6. The smallest absolute Gasteiger partial charge is 0.303 e. The van der Waals surface area contributed by atoms with Gasteiger partial charge in [-0.15, -0.1) is 0 Å². The molecule has 27 heavy (non-hydrogen) atoms. The number of hydrogen-bond donors (Lipinski definition) is 2. The van der Waals surface area contributed by atoms with E-state index in [1.807, 2.05) is 6.92 Å². The summed E-state index contributed by atoms with van der Waals surface area (Å²) in [6.07, 6.45) is -4.90. The molecule has 0 amide bonds. The van der Waals surface area contributed by atoms with Crippen LogP contribution in [0.15, 0.2) is 24.3 Å². The van der Waals surface area contributed by atoms with Crippen molar-refractivity contribution in [3.05, 3.63) is 29.8 Å². The fourth-order valence-corrected chi connectivity index (χ4v) is 2.89. The largest absolute Gasteiger partial charge is 0.494 e. The number of ether oxygens (including phenoxy) is 4. The first-order chi connectivity index (χ1) is 12.8. The fraction of sp³-hybridized carbons (Fsp3) is 0.579. The lowest BCUT2D eigenvalue weighted by atomic mass is 9.91. The van der Waals surface area contributed by atoms with Crippen molar-refractivity contribution in [3.63, 3.8) is 0 Å². The maximum Gasteiger partial charge on any atom is 0.303 e. The second-order valence-electron chi connectivity index (χ2n) is 6.37. The second-order valence-corrected chi connectivity index (χ2v) is 6.37. The molecule has 1 heterocycles. The first kappa shape index (κ1) is 21.1. The van der Waals surface area contributed by atoms with Gasteiger partial charge in [-0.3, -0.25) is 9.59 Å². The molecule has 0 unspecified atom stereocenters. The zero-order chi connectivity index (χ0) is 20.0. The van der Waals surface area contributed by atoms with Gasteiger partial charge in [0.05, 0.1) is 6.61 Å². The summed E-state index contributed by atoms with van der Waals surface area (Å²) in [5.41, 5.74) is 0.587. The highest BCUT2D eigenvalue weighted by Gasteiger charge is 2.47. The molecular weight excluding hydrogens is 356 g/mol. The zero-order valence-electron chi connectivity index (χ0n) is 15.7. The van der Waals surface area contributed by atoms with Crippen LogP contribution in [0.25, 0.3) is 0 Å². The minimum atomic E-state index is -1.41. The van der Waals surface area contributed by atoms with Crippen LogP contribution < -0.4 is 4.74 Å². The molecule has 0 saturated carbocycles. The molecule has 0 spiro atoms. The van der Waals surface area contributed by atoms with Crippen molar-refractivity contribution in [2.75, 3.05) is 13.2 Å². The molecule has 0 aliphatic carbocycles. The van der Waals surface area contributed by atoms with Crippen LogP contribution in [0.5, 0.6) is 5.75 Å². The molecule has 2 rings (SSSR count). The molecule has 8 nitrogen and oxygen atoms in total. The summed E-state index contributed by atoms with van der Waals surface area (Å²) < 4.78 is 21.5. The lowest BCUT2D eigenvalue weighted by molar-refractivity contribution is -0.242. The fourth-order valence-electron chi connectivity index (χ4n) is 2.89. The Bertz CT molecular complexity index is 646. The highest BCUT2D eigenvalue weighted by Crippen LogP contribution is 2.35. The summed E-state index contributed by atoms with van der Waals surface area (Å²) in [6.45, 7) is 4.73. The van der Waals surface area contributed by atoms with Gasteiger partial charge in [-0.05, 0) is 24.1 Å². The molecule has 150 valence electrons. The average Bonchev–Trinajstić information content (AvgIpc) is 2.63. The lowest BCUT2D eigenvalue weighted by Gasteiger charge is -2.42. The number of benzene rings is 1. The Labute approximate surface area is 158 Å². The van der Waals surface area contributed by atoms with Gasteiger partial charge in [0, 0.05) is 13.8 Å². The van der Waals surface area contributed by atoms with Crippen molar-refractivity contribution in [2.45, 2.75) is 57.7 Å². The Kier molecular flexibility index (Phi) is 7.58. The van der Waals surface area contributed by atoms with E-state index in [2.05, 4.69) is 0 Å². The SMILES string of the molecule is CCCOc1cccc([C@H]2O[C@H](COC(C)=O)[C@@H](OC(C)=O)[C@H](O)[C@@H]2O)c1. The molecule has 0 radical (unpaired) electrons. The van der Waals surface area contributed by atoms with Gasteiger partial charge in [-0.25, -0.2) is 0 Å². The molecule has 1 saturated heterocycles. The number of rotatable bonds is 7. The molecule has 5 atom stereocenters. The van der Waals surface area contributed by atoms with Crippen LogP contribution in [-0.4, -0.2) is 59.8 Å². The van der Waals surface area contributed by atoms with Gasteiger partial charge in [-0.1, -0.05) is 19.1 Å². The van der Waals surface area contributed by atoms with E-state index in [0.29, 0.717) is 17.9 Å². The number of aliphatic hydroxyl groups is 2. The monoisotopic (exact) mass is 382 g/mol. The van der Waals surface area contributed by atoms with Crippen molar-refractivity contribution < 1.29 is 38.7 Å². The van der Waals surface area contributed by atoms with E-state index < -0.39 is 42.5 Å². The van der Waals surface area contributed by atoms with Crippen molar-refractivity contribution in [1.29, 1.82) is 0 Å². The summed E-state index contributed by atoms with van der Waals surface area (Å²) in [6, 6.07) is 6.98. The third-order valence-electron chi connectivity index (χ3n) is 4.10. The molecule has 2 N–H and O–H groups in total. The van der Waals surface area contributed by atoms with Gasteiger partial charge in [0.25, 0.3) is 0 Å². The maximum atomic E-state index is 11.3. The van der Waals surface area contributed by atoms with Crippen molar-refractivity contribution in [1.82, 2.24) is 0 Å². The van der Waals surface area contributed by atoms with Crippen LogP contribution in [0.3, 0.4) is 0 Å². The minimum absolute atomic E-state index is 0.223. The summed E-state index contributed by atoms with van der Waals surface area (Å²) >= 11 is 0. The number of esters is 2. The predicted octanol–water partition coefficient (Wildman–Crippen LogP) is 1.13. The topological polar surface area (TPSA) is 112 Å². The molecule has 1 fully saturated rings. The van der Waals surface area contributed by atoms with Gasteiger partial charge in [0.1, 0.15) is 36.8 Å². The standard InChI is InChI=1S/C19H26O8/c1-4-8-24-14-7-5-6-13(9-14)18-16(22)17(23)19(26-12(3)21)15(27-18)10-25-11(2)20/h5-7,9,15-19,22-23H,4,8,10H2,1-3H3/t15-,16+,17-,18-,19-/m1/s1. The number of aliphatic hydroxyl groups excluding tert-OH is 2. The third kappa shape index (κ3) is 5.66. The maximum absolute atomic E-state index is 11.3. The molecule has 0 aromatic heterocycles. The van der Waals surface area contributed by atoms with Crippen molar-refractivity contribution >= 4 is 11.9 Å². The van der Waals surface area contributed by atoms with E-state index in [1.54, 1.807) is 24.3 Å². The number of carbonyl (C=O) groups is 2. The van der Waals surface area contributed by atoms with Gasteiger partial charge >= 0.3 is 11.9 Å². The van der Waals surface area contributed by atoms with Crippen LogP contribution in [0, 0.1) is 0 Å². The van der Waals surface area contributed by atoms with E-state index >= 15 is 0 Å². The molecule has 1 aliphatic rings. The van der Waals surface area contributed by atoms with Gasteiger partial charge in [-0.2, -0.15) is 0 Å². The summed E-state index contributed by atoms with van der Waals surface area (Å²) in [4.78, 5) is 22.5. The minimum Gasteiger partial charge on any atom is -0.494 e. The summed E-state index contributed by atoms with van der Waals surface area (Å²) in [7, 11) is 0. The van der Waals surface area contributed by atoms with E-state index in [4.69, 9.17) is 18.9 Å². The second kappa shape index (κ2) is 9.68. The molecule has 1 aliphatic heterocycles. The number of carbonyl (C=O) groups excluding carboxylic acids is 2. The van der Waals surface area contributed by atoms with E-state index in [0.717, 1.165) is 6.42 Å². The Morgan fingerprint density at radius 1 is 1.15 bits per heavy atom. The van der Waals surface area contributed by atoms with Gasteiger partial charge in [0.2, 0.25) is 0 Å². The predicted molar refractivity (Wildman–Crippen MR) is 94.0 cm³/mol. The van der Waals surface area contributed by atoms with Crippen LogP contribution in [0.1, 0.15) is 38.9 Å². The molecule has 8 heteroatoms. The van der Waals surface area contributed by atoms with E-state index in [9.17, 15) is 19.8 Å². The van der Waals surface area contributed by atoms with Crippen molar-refractivity contribution in [2.24, 2.45) is 0 Å². The van der Waals surface area contributed by atoms with E-state index in [-0.39, 0.29) is 6.61 Å². The first-order valence-electron chi connectivity index (χ1n) is 8.88. The summed E-state index contributed by atoms with van der Waals surface area (Å²) in [5.74, 6) is -0.568. The Hall–Kier alpha value is -2.16. The lowest BCUT2D eigenvalue weighted by Crippen LogP contribution is -2.57. The molecule has 1 aromatic carbocycles. The van der Waals surface area contributed by atoms with Gasteiger partial charge < -0.3 is 29.2 Å². The third-order valence-corrected chi connectivity index (χ3v) is 4.10. The quantitative estimate of drug-likeness (QED) is 0.675. The Morgan fingerprint density at radius 3 is 2.52 bits per heavy atom. The first-order valence-corrected chi connectivity index (χ1v) is 8.88. The van der Waals surface area contributed by atoms with Crippen molar-refractivity contribution in [3.8, 4) is 5.75 Å². The summed E-state index contributed by atoms with van der Waals surface area (Å²) in [5, 5.41) is 21.0. The molecule has 0 bridgehead atoms. The molecule has 1 aromatic rings. The van der Waals surface area contributed by atoms with Gasteiger partial charge in [0.15, 0.2) is 6.10 Å². The molecular formula is C19H26O8. The van der Waals surface area contributed by atoms with Crippen LogP contribution >= 0.6 is 0 Å². The van der Waals surface area contributed by atoms with E-state index in [1.165, 1.54) is 13.8 Å². The average molecular weight is 382 g/mol.